The molecule has 0 fully saturated rings. The van der Waals surface area contributed by atoms with E-state index >= 15 is 0 Å². The first-order chi connectivity index (χ1) is 17.0. The van der Waals surface area contributed by atoms with Gasteiger partial charge in [0.15, 0.2) is 0 Å². The fourth-order valence-corrected chi connectivity index (χ4v) is 4.76. The van der Waals surface area contributed by atoms with Gasteiger partial charge in [0.25, 0.3) is 0 Å². The third kappa shape index (κ3) is 8.45. The van der Waals surface area contributed by atoms with Crippen molar-refractivity contribution in [3.63, 3.8) is 0 Å². The minimum Gasteiger partial charge on any atom is -0.508 e. The lowest BCUT2D eigenvalue weighted by Gasteiger charge is -2.41. The third-order valence-corrected chi connectivity index (χ3v) is 6.67. The Labute approximate surface area is 220 Å². The molecule has 2 aromatic carbocycles. The summed E-state index contributed by atoms with van der Waals surface area (Å²) in [6, 6.07) is 9.28. The smallest absolute Gasteiger partial charge is 0.327 e. The molecule has 0 bridgehead atoms. The highest BCUT2D eigenvalue weighted by Crippen LogP contribution is 2.48. The fourth-order valence-electron chi connectivity index (χ4n) is 4.01. The minimum absolute atomic E-state index is 0.0120. The molecule has 0 spiro atoms. The van der Waals surface area contributed by atoms with Gasteiger partial charge >= 0.3 is 17.2 Å². The molecule has 0 amide bonds. The molecular formula is C25H38O10P2. The maximum absolute atomic E-state index is 10.7. The Morgan fingerprint density at radius 1 is 0.730 bits per heavy atom. The quantitative estimate of drug-likeness (QED) is 0.197. The van der Waals surface area contributed by atoms with Crippen LogP contribution in [-0.2, 0) is 19.9 Å². The molecule has 0 saturated carbocycles. The summed E-state index contributed by atoms with van der Waals surface area (Å²) in [4.78, 5) is 38.0. The second-order valence-corrected chi connectivity index (χ2v) is 12.6. The average Bonchev–Trinajstić information content (AvgIpc) is 2.78. The largest absolute Gasteiger partial charge is 0.508 e. The van der Waals surface area contributed by atoms with Crippen molar-refractivity contribution in [2.45, 2.75) is 58.5 Å². The number of benzene rings is 2. The molecule has 0 aromatic heterocycles. The second kappa shape index (κ2) is 12.5. The second-order valence-electron chi connectivity index (χ2n) is 11.0. The van der Waals surface area contributed by atoms with Crippen LogP contribution in [-0.4, -0.2) is 54.7 Å². The lowest BCUT2D eigenvalue weighted by Crippen LogP contribution is -2.44. The maximum atomic E-state index is 10.7. The Balaban J connectivity index is 2.86. The number of ether oxygens (including phenoxy) is 1. The van der Waals surface area contributed by atoms with Gasteiger partial charge in [0.1, 0.15) is 23.4 Å². The number of rotatable bonds is 11. The molecule has 0 aliphatic rings. The molecule has 208 valence electrons. The normalized spacial score (nSPS) is 13.9. The van der Waals surface area contributed by atoms with Crippen molar-refractivity contribution in [3.05, 3.63) is 53.1 Å². The van der Waals surface area contributed by atoms with E-state index in [1.165, 1.54) is 12.1 Å². The number of aliphatic hydroxyl groups is 1. The summed E-state index contributed by atoms with van der Waals surface area (Å²) in [7, 11) is -5.66. The Morgan fingerprint density at radius 2 is 1.19 bits per heavy atom. The van der Waals surface area contributed by atoms with E-state index in [9.17, 15) is 34.9 Å². The molecule has 2 rings (SSSR count). The van der Waals surface area contributed by atoms with Gasteiger partial charge in [0.05, 0.1) is 25.2 Å². The molecular weight excluding hydrogens is 522 g/mol. The lowest BCUT2D eigenvalue weighted by molar-refractivity contribution is -0.0664. The molecule has 0 aliphatic carbocycles. The average molecular weight is 561 g/mol. The number of phenols is 2. The molecule has 0 aliphatic heterocycles. The van der Waals surface area contributed by atoms with E-state index in [-0.39, 0.29) is 11.5 Å². The highest BCUT2D eigenvalue weighted by atomic mass is 31.2. The van der Waals surface area contributed by atoms with Gasteiger partial charge in [-0.1, -0.05) is 47.6 Å². The molecule has 12 heteroatoms. The van der Waals surface area contributed by atoms with Gasteiger partial charge in [0, 0.05) is 5.56 Å². The molecule has 0 heterocycles. The van der Waals surface area contributed by atoms with Gasteiger partial charge < -0.3 is 48.7 Å². The van der Waals surface area contributed by atoms with E-state index in [4.69, 9.17) is 13.8 Å². The summed E-state index contributed by atoms with van der Waals surface area (Å²) < 4.78 is 16.9. The first-order valence-corrected chi connectivity index (χ1v) is 13.9. The van der Waals surface area contributed by atoms with E-state index in [0.717, 1.165) is 0 Å². The lowest BCUT2D eigenvalue weighted by atomic mass is 9.74. The summed E-state index contributed by atoms with van der Waals surface area (Å²) in [5.74, 6) is 0.413. The van der Waals surface area contributed by atoms with Crippen LogP contribution in [0, 0.1) is 5.41 Å². The molecule has 1 unspecified atom stereocenters. The van der Waals surface area contributed by atoms with Crippen molar-refractivity contribution in [1.82, 2.24) is 0 Å². The number of phenolic OH excluding ortho intramolecular Hbond substituents is 2. The monoisotopic (exact) mass is 560 g/mol. The van der Waals surface area contributed by atoms with E-state index in [1.54, 1.807) is 24.3 Å². The van der Waals surface area contributed by atoms with Crippen molar-refractivity contribution in [2.24, 2.45) is 5.41 Å². The topological polar surface area (TPSA) is 169 Å². The zero-order valence-corrected chi connectivity index (χ0v) is 23.7. The summed E-state index contributed by atoms with van der Waals surface area (Å²) in [5, 5.41) is 31.1. The van der Waals surface area contributed by atoms with Crippen LogP contribution < -0.4 is 4.74 Å². The third-order valence-electron chi connectivity index (χ3n) is 5.95. The maximum Gasteiger partial charge on any atom is 0.327 e. The predicted molar refractivity (Wildman–Crippen MR) is 141 cm³/mol. The summed E-state index contributed by atoms with van der Waals surface area (Å²) in [6.45, 7) is 9.96. The van der Waals surface area contributed by atoms with Crippen LogP contribution in [0.2, 0.25) is 0 Å². The zero-order chi connectivity index (χ0) is 28.2. The van der Waals surface area contributed by atoms with Gasteiger partial charge in [-0.3, -0.25) is 0 Å². The van der Waals surface area contributed by atoms with Crippen LogP contribution in [0.5, 0.6) is 17.2 Å². The Kier molecular flexibility index (Phi) is 10.7. The fraction of sp³-hybridized carbons (Fsp3) is 0.520. The van der Waals surface area contributed by atoms with Gasteiger partial charge in [-0.25, -0.2) is 0 Å². The number of aromatic hydroxyl groups is 2. The van der Waals surface area contributed by atoms with Crippen LogP contribution in [0.15, 0.2) is 36.4 Å². The van der Waals surface area contributed by atoms with Gasteiger partial charge in [-0.15, -0.1) is 0 Å². The summed E-state index contributed by atoms with van der Waals surface area (Å²) >= 11 is 0. The first-order valence-electron chi connectivity index (χ1n) is 11.6. The molecule has 0 saturated heterocycles. The predicted octanol–water partition coefficient (Wildman–Crippen LogP) is 4.25. The molecule has 10 nitrogen and oxygen atoms in total. The highest BCUT2D eigenvalue weighted by molar-refractivity contribution is 7.39. The highest BCUT2D eigenvalue weighted by Gasteiger charge is 2.46. The van der Waals surface area contributed by atoms with Gasteiger partial charge in [0.2, 0.25) is 0 Å². The number of hydrogen-bond acceptors (Lipinski definition) is 10. The van der Waals surface area contributed by atoms with Crippen molar-refractivity contribution in [2.75, 3.05) is 19.8 Å². The molecule has 37 heavy (non-hydrogen) atoms. The Hall–Kier alpha value is -1.58. The molecule has 2 aromatic rings. The van der Waals surface area contributed by atoms with Gasteiger partial charge in [-0.05, 0) is 52.3 Å². The van der Waals surface area contributed by atoms with Crippen LogP contribution in [0.25, 0.3) is 0 Å². The van der Waals surface area contributed by atoms with Crippen LogP contribution >= 0.6 is 17.2 Å². The summed E-state index contributed by atoms with van der Waals surface area (Å²) in [5.41, 5.74) is -0.703. The SMILES string of the molecule is CC(C)(C)c1cc(O)ccc1OC(c1ccc(O)cc1C(C)(C)C)C(CO)(COP(O)O)COP(O)O. The van der Waals surface area contributed by atoms with Gasteiger partial charge in [-0.2, -0.15) is 0 Å². The first kappa shape index (κ1) is 31.6. The van der Waals surface area contributed by atoms with Crippen molar-refractivity contribution in [1.29, 1.82) is 0 Å². The molecule has 1 atom stereocenters. The molecule has 0 radical (unpaired) electrons. The van der Waals surface area contributed by atoms with Crippen molar-refractivity contribution >= 4 is 17.2 Å². The van der Waals surface area contributed by atoms with E-state index in [1.807, 2.05) is 41.5 Å². The molecule has 7 N–H and O–H groups in total. The Bertz CT molecular complexity index is 1020. The van der Waals surface area contributed by atoms with Crippen LogP contribution in [0.1, 0.15) is 64.3 Å². The van der Waals surface area contributed by atoms with Crippen molar-refractivity contribution < 1.29 is 48.7 Å². The van der Waals surface area contributed by atoms with Crippen LogP contribution in [0.3, 0.4) is 0 Å². The summed E-state index contributed by atoms with van der Waals surface area (Å²) in [6.07, 6.45) is -1.11. The number of hydrogen-bond donors (Lipinski definition) is 7. The van der Waals surface area contributed by atoms with Crippen molar-refractivity contribution in [3.8, 4) is 17.2 Å². The zero-order valence-electron chi connectivity index (χ0n) is 21.9. The number of aliphatic hydroxyl groups excluding tert-OH is 1. The van der Waals surface area contributed by atoms with E-state index < -0.39 is 59.4 Å². The van der Waals surface area contributed by atoms with E-state index in [2.05, 4.69) is 0 Å². The minimum atomic E-state index is -2.83. The van der Waals surface area contributed by atoms with Crippen LogP contribution in [0.4, 0.5) is 0 Å². The Morgan fingerprint density at radius 3 is 1.62 bits per heavy atom. The standard InChI is InChI=1S/C25H38O10P2/c1-23(2,3)19-11-16(27)7-9-18(19)22(25(13-26,14-33-36(29)30)15-34-37(31)32)35-21-10-8-17(28)12-20(21)24(4,5)6/h7-12,22,26-32H,13-15H2,1-6H3. The van der Waals surface area contributed by atoms with E-state index in [0.29, 0.717) is 22.4 Å².